The summed E-state index contributed by atoms with van der Waals surface area (Å²) in [6.45, 7) is 0.417. The smallest absolute Gasteiger partial charge is 0.251 e. The third-order valence-electron chi connectivity index (χ3n) is 5.08. The summed E-state index contributed by atoms with van der Waals surface area (Å²) in [5.74, 6) is -1.49. The van der Waals surface area contributed by atoms with Crippen molar-refractivity contribution in [2.24, 2.45) is 0 Å². The molecule has 0 bridgehead atoms. The summed E-state index contributed by atoms with van der Waals surface area (Å²) >= 11 is 0. The lowest BCUT2D eigenvalue weighted by atomic mass is 9.91. The molecule has 0 fully saturated rings. The number of carbonyl (C=O) groups excluding carboxylic acids is 1. The Balaban J connectivity index is 1.76. The number of hydrogen-bond acceptors (Lipinski definition) is 2. The van der Waals surface area contributed by atoms with Gasteiger partial charge >= 0.3 is 0 Å². The molecule has 28 heavy (non-hydrogen) atoms. The highest BCUT2D eigenvalue weighted by atomic mass is 19.1. The van der Waals surface area contributed by atoms with Crippen LogP contribution in [0.15, 0.2) is 66.9 Å². The second-order valence-corrected chi connectivity index (χ2v) is 6.77. The number of rotatable bonds is 2. The van der Waals surface area contributed by atoms with Crippen molar-refractivity contribution in [2.45, 2.75) is 6.54 Å². The van der Waals surface area contributed by atoms with Gasteiger partial charge in [0, 0.05) is 35.3 Å². The Morgan fingerprint density at radius 2 is 1.71 bits per heavy atom. The number of carbonyl (C=O) groups is 1. The summed E-state index contributed by atoms with van der Waals surface area (Å²) in [5.41, 5.74) is 4.82. The van der Waals surface area contributed by atoms with E-state index in [1.807, 2.05) is 36.4 Å². The highest BCUT2D eigenvalue weighted by molar-refractivity contribution is 6.02. The van der Waals surface area contributed by atoms with E-state index >= 15 is 0 Å². The summed E-state index contributed by atoms with van der Waals surface area (Å²) in [5, 5.41) is 3.81. The zero-order chi connectivity index (χ0) is 19.3. The summed E-state index contributed by atoms with van der Waals surface area (Å²) in [6, 6.07) is 16.7. The number of nitrogens with one attached hydrogen (secondary N) is 1. The van der Waals surface area contributed by atoms with Crippen LogP contribution in [0.5, 0.6) is 0 Å². The van der Waals surface area contributed by atoms with E-state index < -0.39 is 11.6 Å². The van der Waals surface area contributed by atoms with Crippen molar-refractivity contribution in [1.82, 2.24) is 10.3 Å². The van der Waals surface area contributed by atoms with Crippen molar-refractivity contribution >= 4 is 16.8 Å². The standard InChI is InChI=1S/C23H14F2N2O/c24-16-4-5-17(21(25)11-16)15-9-18(20-12-27-23(28)19(20)10-15)13-3-6-22-14(8-13)2-1-7-26-22/h1-11H,12H2,(H,27,28). The molecule has 0 atom stereocenters. The minimum atomic E-state index is -0.660. The average molecular weight is 372 g/mol. The fourth-order valence-corrected chi connectivity index (χ4v) is 3.71. The highest BCUT2D eigenvalue weighted by Gasteiger charge is 2.24. The van der Waals surface area contributed by atoms with E-state index in [2.05, 4.69) is 10.3 Å². The molecule has 136 valence electrons. The zero-order valence-electron chi connectivity index (χ0n) is 14.7. The lowest BCUT2D eigenvalue weighted by Crippen LogP contribution is -2.12. The molecule has 0 unspecified atom stereocenters. The third-order valence-corrected chi connectivity index (χ3v) is 5.08. The van der Waals surface area contributed by atoms with Crippen molar-refractivity contribution in [1.29, 1.82) is 0 Å². The van der Waals surface area contributed by atoms with Gasteiger partial charge in [-0.15, -0.1) is 0 Å². The molecule has 1 N–H and O–H groups in total. The van der Waals surface area contributed by atoms with Crippen LogP contribution in [0, 0.1) is 11.6 Å². The molecule has 3 aromatic carbocycles. The molecule has 0 spiro atoms. The van der Waals surface area contributed by atoms with Gasteiger partial charge in [0.2, 0.25) is 0 Å². The Kier molecular flexibility index (Phi) is 3.69. The van der Waals surface area contributed by atoms with Crippen LogP contribution in [0.25, 0.3) is 33.2 Å². The van der Waals surface area contributed by atoms with Gasteiger partial charge in [0.05, 0.1) is 5.52 Å². The van der Waals surface area contributed by atoms with E-state index in [0.29, 0.717) is 17.7 Å². The zero-order valence-corrected chi connectivity index (χ0v) is 14.7. The maximum Gasteiger partial charge on any atom is 0.251 e. The topological polar surface area (TPSA) is 42.0 Å². The number of pyridine rings is 1. The normalized spacial score (nSPS) is 12.9. The number of hydrogen-bond donors (Lipinski definition) is 1. The Labute approximate surface area is 159 Å². The van der Waals surface area contributed by atoms with Gasteiger partial charge in [-0.2, -0.15) is 0 Å². The number of fused-ring (bicyclic) bond motifs is 2. The number of benzene rings is 3. The van der Waals surface area contributed by atoms with Crippen LogP contribution in [0.3, 0.4) is 0 Å². The molecular weight excluding hydrogens is 358 g/mol. The first-order valence-corrected chi connectivity index (χ1v) is 8.86. The van der Waals surface area contributed by atoms with Gasteiger partial charge in [-0.25, -0.2) is 8.78 Å². The Morgan fingerprint density at radius 1 is 0.857 bits per heavy atom. The van der Waals surface area contributed by atoms with Gasteiger partial charge in [-0.05, 0) is 64.7 Å². The van der Waals surface area contributed by atoms with Crippen LogP contribution in [-0.4, -0.2) is 10.9 Å². The van der Waals surface area contributed by atoms with Gasteiger partial charge in [-0.1, -0.05) is 12.1 Å². The summed E-state index contributed by atoms with van der Waals surface area (Å²) in [7, 11) is 0. The van der Waals surface area contributed by atoms with E-state index in [1.165, 1.54) is 12.1 Å². The van der Waals surface area contributed by atoms with Gasteiger partial charge in [0.1, 0.15) is 11.6 Å². The first kappa shape index (κ1) is 16.6. The maximum atomic E-state index is 14.4. The number of amides is 1. The summed E-state index contributed by atoms with van der Waals surface area (Å²) in [6.07, 6.45) is 1.74. The van der Waals surface area contributed by atoms with E-state index in [9.17, 15) is 13.6 Å². The lowest BCUT2D eigenvalue weighted by Gasteiger charge is -2.12. The second-order valence-electron chi connectivity index (χ2n) is 6.77. The largest absolute Gasteiger partial charge is 0.348 e. The van der Waals surface area contributed by atoms with Crippen LogP contribution in [0.1, 0.15) is 15.9 Å². The highest BCUT2D eigenvalue weighted by Crippen LogP contribution is 2.36. The number of aromatic nitrogens is 1. The van der Waals surface area contributed by atoms with Crippen molar-refractivity contribution < 1.29 is 13.6 Å². The molecule has 5 heteroatoms. The van der Waals surface area contributed by atoms with E-state index in [-0.39, 0.29) is 11.5 Å². The Bertz CT molecular complexity index is 1270. The summed E-state index contributed by atoms with van der Waals surface area (Å²) in [4.78, 5) is 16.6. The quantitative estimate of drug-likeness (QED) is 0.533. The van der Waals surface area contributed by atoms with Gasteiger partial charge in [0.15, 0.2) is 0 Å². The van der Waals surface area contributed by atoms with Crippen LogP contribution < -0.4 is 5.32 Å². The molecular formula is C23H14F2N2O. The van der Waals surface area contributed by atoms with Crippen LogP contribution >= 0.6 is 0 Å². The third kappa shape index (κ3) is 2.63. The molecule has 1 aliphatic heterocycles. The van der Waals surface area contributed by atoms with Crippen LogP contribution in [0.4, 0.5) is 8.78 Å². The maximum absolute atomic E-state index is 14.4. The predicted octanol–water partition coefficient (Wildman–Crippen LogP) is 5.09. The average Bonchev–Trinajstić information content (AvgIpc) is 3.08. The van der Waals surface area contributed by atoms with Gasteiger partial charge < -0.3 is 5.32 Å². The Morgan fingerprint density at radius 3 is 2.57 bits per heavy atom. The van der Waals surface area contributed by atoms with Crippen molar-refractivity contribution in [3.63, 3.8) is 0 Å². The SMILES string of the molecule is O=C1NCc2c1cc(-c1ccc(F)cc1F)cc2-c1ccc2ncccc2c1. The molecule has 4 aromatic rings. The molecule has 0 radical (unpaired) electrons. The lowest BCUT2D eigenvalue weighted by molar-refractivity contribution is 0.0966. The van der Waals surface area contributed by atoms with Gasteiger partial charge in [-0.3, -0.25) is 9.78 Å². The molecule has 0 aliphatic carbocycles. The molecule has 2 heterocycles. The molecule has 1 amide bonds. The molecule has 5 rings (SSSR count). The van der Waals surface area contributed by atoms with Crippen LogP contribution in [0.2, 0.25) is 0 Å². The molecule has 1 aliphatic rings. The van der Waals surface area contributed by atoms with Crippen molar-refractivity contribution in [2.75, 3.05) is 0 Å². The second kappa shape index (κ2) is 6.23. The number of halogens is 2. The molecule has 0 saturated heterocycles. The molecule has 3 nitrogen and oxygen atoms in total. The summed E-state index contributed by atoms with van der Waals surface area (Å²) < 4.78 is 27.7. The fourth-order valence-electron chi connectivity index (χ4n) is 3.71. The van der Waals surface area contributed by atoms with E-state index in [1.54, 1.807) is 12.3 Å². The first-order valence-electron chi connectivity index (χ1n) is 8.86. The first-order chi connectivity index (χ1) is 13.6. The monoisotopic (exact) mass is 372 g/mol. The minimum Gasteiger partial charge on any atom is -0.348 e. The molecule has 1 aromatic heterocycles. The number of nitrogens with zero attached hydrogens (tertiary/aromatic N) is 1. The van der Waals surface area contributed by atoms with Gasteiger partial charge in [0.25, 0.3) is 5.91 Å². The van der Waals surface area contributed by atoms with Crippen molar-refractivity contribution in [3.8, 4) is 22.3 Å². The fraction of sp³-hybridized carbons (Fsp3) is 0.0435. The predicted molar refractivity (Wildman–Crippen MR) is 104 cm³/mol. The van der Waals surface area contributed by atoms with E-state index in [4.69, 9.17) is 0 Å². The van der Waals surface area contributed by atoms with Crippen molar-refractivity contribution in [3.05, 3.63) is 89.6 Å². The van der Waals surface area contributed by atoms with Crippen LogP contribution in [-0.2, 0) is 6.54 Å². The Hall–Kier alpha value is -3.60. The van der Waals surface area contributed by atoms with E-state index in [0.717, 1.165) is 33.7 Å². The minimum absolute atomic E-state index is 0.192. The molecule has 0 saturated carbocycles.